The van der Waals surface area contributed by atoms with E-state index in [1.54, 1.807) is 6.92 Å². The zero-order valence-corrected chi connectivity index (χ0v) is 13.2. The number of nitrogens with zero attached hydrogens (tertiary/aromatic N) is 1. The highest BCUT2D eigenvalue weighted by atomic mass is 32.2. The van der Waals surface area contributed by atoms with Gasteiger partial charge in [0.25, 0.3) is 10.0 Å². The quantitative estimate of drug-likeness (QED) is 0.939. The van der Waals surface area contributed by atoms with Gasteiger partial charge in [-0.25, -0.2) is 8.42 Å². The molecule has 0 saturated carbocycles. The van der Waals surface area contributed by atoms with Gasteiger partial charge in [0, 0.05) is 17.6 Å². The van der Waals surface area contributed by atoms with Gasteiger partial charge in [-0.05, 0) is 25.3 Å². The zero-order valence-electron chi connectivity index (χ0n) is 10.7. The van der Waals surface area contributed by atoms with Gasteiger partial charge >= 0.3 is 4.87 Å². The average Bonchev–Trinajstić information content (AvgIpc) is 2.96. The lowest BCUT2D eigenvalue weighted by Gasteiger charge is -2.22. The summed E-state index contributed by atoms with van der Waals surface area (Å²) in [7, 11) is -2.12. The van der Waals surface area contributed by atoms with Gasteiger partial charge in [0.2, 0.25) is 0 Å². The Morgan fingerprint density at radius 2 is 2.11 bits per heavy atom. The van der Waals surface area contributed by atoms with Crippen LogP contribution in [0.1, 0.15) is 23.5 Å². The molecule has 0 bridgehead atoms. The summed E-state index contributed by atoms with van der Waals surface area (Å²) in [6.07, 6.45) is 0. The molecule has 0 spiro atoms. The fourth-order valence-corrected chi connectivity index (χ4v) is 5.38. The maximum Gasteiger partial charge on any atom is 0.305 e. The van der Waals surface area contributed by atoms with E-state index in [0.29, 0.717) is 5.69 Å². The molecule has 0 saturated heterocycles. The Kier molecular flexibility index (Phi) is 3.95. The summed E-state index contributed by atoms with van der Waals surface area (Å²) in [5.41, 5.74) is 0.389. The first-order valence-corrected chi connectivity index (χ1v) is 8.69. The average molecular weight is 318 g/mol. The fourth-order valence-electron chi connectivity index (χ4n) is 1.68. The molecule has 19 heavy (non-hydrogen) atoms. The maximum atomic E-state index is 12.5. The van der Waals surface area contributed by atoms with Crippen molar-refractivity contribution in [2.24, 2.45) is 0 Å². The van der Waals surface area contributed by atoms with Crippen LogP contribution in [0.25, 0.3) is 0 Å². The van der Waals surface area contributed by atoms with Gasteiger partial charge in [-0.1, -0.05) is 17.4 Å². The molecule has 0 aromatic carbocycles. The van der Waals surface area contributed by atoms with Gasteiger partial charge in [0.1, 0.15) is 0 Å². The predicted molar refractivity (Wildman–Crippen MR) is 77.4 cm³/mol. The summed E-state index contributed by atoms with van der Waals surface area (Å²) >= 11 is 2.23. The molecule has 2 aromatic heterocycles. The van der Waals surface area contributed by atoms with Crippen LogP contribution in [-0.2, 0) is 10.0 Å². The summed E-state index contributed by atoms with van der Waals surface area (Å²) in [5.74, 6) is 0. The van der Waals surface area contributed by atoms with Crippen molar-refractivity contribution in [2.45, 2.75) is 24.1 Å². The molecule has 0 radical (unpaired) electrons. The van der Waals surface area contributed by atoms with Crippen molar-refractivity contribution in [2.75, 3.05) is 7.05 Å². The molecule has 1 N–H and O–H groups in total. The van der Waals surface area contributed by atoms with Crippen LogP contribution < -0.4 is 4.87 Å². The first-order chi connectivity index (χ1) is 8.84. The lowest BCUT2D eigenvalue weighted by molar-refractivity contribution is 0.403. The van der Waals surface area contributed by atoms with E-state index in [-0.39, 0.29) is 15.1 Å². The minimum Gasteiger partial charge on any atom is -0.315 e. The second kappa shape index (κ2) is 5.20. The number of aromatic amines is 1. The number of nitrogens with one attached hydrogen (secondary N) is 1. The Morgan fingerprint density at radius 3 is 2.58 bits per heavy atom. The molecular formula is C11H14N2O3S3. The molecule has 0 aliphatic rings. The fraction of sp³-hybridized carbons (Fsp3) is 0.364. The summed E-state index contributed by atoms with van der Waals surface area (Å²) < 4.78 is 26.4. The second-order valence-corrected chi connectivity index (χ2v) is 8.29. The third-order valence-electron chi connectivity index (χ3n) is 2.89. The molecule has 5 nitrogen and oxygen atoms in total. The maximum absolute atomic E-state index is 12.5. The zero-order chi connectivity index (χ0) is 14.2. The van der Waals surface area contributed by atoms with E-state index in [0.717, 1.165) is 16.2 Å². The van der Waals surface area contributed by atoms with Crippen molar-refractivity contribution in [3.8, 4) is 0 Å². The van der Waals surface area contributed by atoms with Crippen molar-refractivity contribution < 1.29 is 8.42 Å². The third kappa shape index (κ3) is 2.66. The number of hydrogen-bond acceptors (Lipinski definition) is 5. The van der Waals surface area contributed by atoms with Gasteiger partial charge in [-0.3, -0.25) is 4.79 Å². The Labute approximate surface area is 119 Å². The number of aryl methyl sites for hydroxylation is 1. The van der Waals surface area contributed by atoms with E-state index in [9.17, 15) is 13.2 Å². The van der Waals surface area contributed by atoms with E-state index in [4.69, 9.17) is 0 Å². The van der Waals surface area contributed by atoms with Crippen molar-refractivity contribution in [1.29, 1.82) is 0 Å². The standard InChI is InChI=1S/C11H14N2O3S3/c1-7-10(18-11(14)12-7)19(15,16)13(3)8(2)9-5-4-6-17-9/h4-6,8H,1-3H3,(H,12,14). The molecule has 8 heteroatoms. The SMILES string of the molecule is Cc1[nH]c(=O)sc1S(=O)(=O)N(C)C(C)c1cccs1. The Balaban J connectivity index is 2.40. The number of thiazole rings is 1. The van der Waals surface area contributed by atoms with Gasteiger partial charge in [-0.2, -0.15) is 4.31 Å². The molecule has 0 amide bonds. The van der Waals surface area contributed by atoms with Gasteiger partial charge in [-0.15, -0.1) is 11.3 Å². The molecule has 0 aliphatic carbocycles. The molecule has 1 unspecified atom stereocenters. The Hall–Kier alpha value is -0.960. The van der Waals surface area contributed by atoms with E-state index in [1.165, 1.54) is 22.7 Å². The highest BCUT2D eigenvalue weighted by molar-refractivity contribution is 7.91. The Bertz CT molecular complexity index is 713. The van der Waals surface area contributed by atoms with E-state index in [2.05, 4.69) is 4.98 Å². The minimum atomic E-state index is -3.65. The van der Waals surface area contributed by atoms with Gasteiger partial charge in [0.05, 0.1) is 6.04 Å². The van der Waals surface area contributed by atoms with Crippen LogP contribution in [0.3, 0.4) is 0 Å². The molecule has 2 aromatic rings. The van der Waals surface area contributed by atoms with Crippen LogP contribution in [0.2, 0.25) is 0 Å². The molecule has 1 atom stereocenters. The summed E-state index contributed by atoms with van der Waals surface area (Å²) in [6, 6.07) is 3.52. The van der Waals surface area contributed by atoms with Crippen LogP contribution in [0.4, 0.5) is 0 Å². The smallest absolute Gasteiger partial charge is 0.305 e. The number of thiophene rings is 1. The molecule has 2 rings (SSSR count). The number of hydrogen-bond donors (Lipinski definition) is 1. The van der Waals surface area contributed by atoms with E-state index < -0.39 is 10.0 Å². The first kappa shape index (κ1) is 14.4. The molecule has 104 valence electrons. The van der Waals surface area contributed by atoms with Crippen molar-refractivity contribution >= 4 is 32.7 Å². The minimum absolute atomic E-state index is 0.0865. The van der Waals surface area contributed by atoms with Crippen molar-refractivity contribution in [3.05, 3.63) is 37.8 Å². The largest absolute Gasteiger partial charge is 0.315 e. The van der Waals surface area contributed by atoms with Crippen LogP contribution in [-0.4, -0.2) is 24.8 Å². The molecule has 0 aliphatic heterocycles. The van der Waals surface area contributed by atoms with E-state index >= 15 is 0 Å². The predicted octanol–water partition coefficient (Wildman–Crippen LogP) is 2.19. The van der Waals surface area contributed by atoms with Crippen LogP contribution >= 0.6 is 22.7 Å². The number of H-pyrrole nitrogens is 1. The topological polar surface area (TPSA) is 70.2 Å². The highest BCUT2D eigenvalue weighted by Crippen LogP contribution is 2.30. The summed E-state index contributed by atoms with van der Waals surface area (Å²) in [4.78, 5) is 14.4. The van der Waals surface area contributed by atoms with Crippen LogP contribution in [0.15, 0.2) is 26.5 Å². The third-order valence-corrected chi connectivity index (χ3v) is 7.45. The molecular weight excluding hydrogens is 304 g/mol. The van der Waals surface area contributed by atoms with Crippen LogP contribution in [0, 0.1) is 6.92 Å². The lowest BCUT2D eigenvalue weighted by atomic mass is 10.3. The summed E-state index contributed by atoms with van der Waals surface area (Å²) in [6.45, 7) is 3.42. The van der Waals surface area contributed by atoms with Crippen LogP contribution in [0.5, 0.6) is 0 Å². The monoisotopic (exact) mass is 318 g/mol. The summed E-state index contributed by atoms with van der Waals surface area (Å²) in [5, 5.41) is 1.91. The van der Waals surface area contributed by atoms with Gasteiger partial charge < -0.3 is 4.98 Å². The van der Waals surface area contributed by atoms with E-state index in [1.807, 2.05) is 24.4 Å². The Morgan fingerprint density at radius 1 is 1.42 bits per heavy atom. The number of aromatic nitrogens is 1. The lowest BCUT2D eigenvalue weighted by Crippen LogP contribution is -2.29. The second-order valence-electron chi connectivity index (χ2n) is 4.14. The van der Waals surface area contributed by atoms with Crippen molar-refractivity contribution in [3.63, 3.8) is 0 Å². The highest BCUT2D eigenvalue weighted by Gasteiger charge is 2.30. The normalized spacial score (nSPS) is 13.9. The number of sulfonamides is 1. The molecule has 2 heterocycles. The molecule has 0 fully saturated rings. The first-order valence-electron chi connectivity index (χ1n) is 5.55. The number of rotatable bonds is 4. The van der Waals surface area contributed by atoms with Gasteiger partial charge in [0.15, 0.2) is 4.21 Å². The van der Waals surface area contributed by atoms with Crippen molar-refractivity contribution in [1.82, 2.24) is 9.29 Å².